The Hall–Kier alpha value is -3.34. The minimum atomic E-state index is -0.610. The van der Waals surface area contributed by atoms with Crippen LogP contribution >= 0.6 is 0 Å². The molecule has 0 atom stereocenters. The summed E-state index contributed by atoms with van der Waals surface area (Å²) in [5.74, 6) is -1.07. The van der Waals surface area contributed by atoms with Gasteiger partial charge in [-0.15, -0.1) is 0 Å². The quantitative estimate of drug-likeness (QED) is 0.603. The first-order valence-electron chi connectivity index (χ1n) is 7.74. The number of hydrogen-bond donors (Lipinski definition) is 2. The van der Waals surface area contributed by atoms with Crippen molar-refractivity contribution < 1.29 is 14.4 Å². The highest BCUT2D eigenvalue weighted by Crippen LogP contribution is 2.15. The van der Waals surface area contributed by atoms with Crippen LogP contribution in [0.2, 0.25) is 0 Å². The summed E-state index contributed by atoms with van der Waals surface area (Å²) in [6.45, 7) is 3.11. The minimum Gasteiger partial charge on any atom is -0.366 e. The lowest BCUT2D eigenvalue weighted by molar-refractivity contribution is -0.136. The van der Waals surface area contributed by atoms with Crippen LogP contribution in [0.3, 0.4) is 0 Å². The summed E-state index contributed by atoms with van der Waals surface area (Å²) in [5.41, 5.74) is 5.88. The molecule has 2 rings (SSSR count). The van der Waals surface area contributed by atoms with Crippen molar-refractivity contribution in [3.8, 4) is 6.07 Å². The number of nitrogens with two attached hydrogens (primary N) is 1. The molecule has 3 N–H and O–H groups in total. The van der Waals surface area contributed by atoms with Gasteiger partial charge >= 0.3 is 0 Å². The Morgan fingerprint density at radius 1 is 1.16 bits per heavy atom. The number of amides is 3. The molecule has 1 aromatic carbocycles. The van der Waals surface area contributed by atoms with Gasteiger partial charge in [0, 0.05) is 39.3 Å². The molecular formula is C17H19N5O3. The minimum absolute atomic E-state index is 0.0344. The van der Waals surface area contributed by atoms with Gasteiger partial charge in [-0.3, -0.25) is 14.4 Å². The van der Waals surface area contributed by atoms with E-state index < -0.39 is 11.8 Å². The van der Waals surface area contributed by atoms with E-state index in [4.69, 9.17) is 5.73 Å². The molecule has 1 aliphatic heterocycles. The standard InChI is InChI=1S/C17H19N5O3/c1-12(23)21-6-8-22(9-7-21)17(25)13(10-18)11-20-15-5-3-2-4-14(15)16(19)24/h2-5,11,20H,6-9H2,1H3,(H2,19,24)/b13-11-. The Kier molecular flexibility index (Phi) is 5.74. The van der Waals surface area contributed by atoms with E-state index >= 15 is 0 Å². The Balaban J connectivity index is 2.08. The molecule has 1 aliphatic rings. The summed E-state index contributed by atoms with van der Waals surface area (Å²) in [5, 5.41) is 12.1. The molecule has 1 fully saturated rings. The summed E-state index contributed by atoms with van der Waals surface area (Å²) >= 11 is 0. The molecule has 0 radical (unpaired) electrons. The van der Waals surface area contributed by atoms with Crippen molar-refractivity contribution in [2.75, 3.05) is 31.5 Å². The lowest BCUT2D eigenvalue weighted by Gasteiger charge is -2.34. The average Bonchev–Trinajstić information content (AvgIpc) is 2.62. The van der Waals surface area contributed by atoms with Gasteiger partial charge < -0.3 is 20.9 Å². The van der Waals surface area contributed by atoms with E-state index in [9.17, 15) is 19.6 Å². The van der Waals surface area contributed by atoms with Gasteiger partial charge in [0.25, 0.3) is 11.8 Å². The number of piperazine rings is 1. The van der Waals surface area contributed by atoms with Crippen molar-refractivity contribution in [3.05, 3.63) is 41.6 Å². The zero-order valence-corrected chi connectivity index (χ0v) is 13.9. The third-order valence-corrected chi connectivity index (χ3v) is 3.93. The first-order chi connectivity index (χ1) is 11.9. The number of nitrogens with zero attached hydrogens (tertiary/aromatic N) is 3. The Morgan fingerprint density at radius 3 is 2.32 bits per heavy atom. The molecule has 1 aromatic rings. The summed E-state index contributed by atoms with van der Waals surface area (Å²) < 4.78 is 0. The first-order valence-corrected chi connectivity index (χ1v) is 7.74. The van der Waals surface area contributed by atoms with Crippen LogP contribution in [0.4, 0.5) is 5.69 Å². The van der Waals surface area contributed by atoms with Crippen molar-refractivity contribution >= 4 is 23.4 Å². The van der Waals surface area contributed by atoms with E-state index in [2.05, 4.69) is 5.32 Å². The van der Waals surface area contributed by atoms with E-state index in [1.54, 1.807) is 29.2 Å². The van der Waals surface area contributed by atoms with E-state index in [0.29, 0.717) is 31.9 Å². The van der Waals surface area contributed by atoms with Crippen LogP contribution in [-0.4, -0.2) is 53.7 Å². The fraction of sp³-hybridized carbons (Fsp3) is 0.294. The van der Waals surface area contributed by atoms with Crippen LogP contribution in [0.5, 0.6) is 0 Å². The SMILES string of the molecule is CC(=O)N1CCN(C(=O)/C(C#N)=C\Nc2ccccc2C(N)=O)CC1. The Bertz CT molecular complexity index is 758. The molecule has 0 aromatic heterocycles. The van der Waals surface area contributed by atoms with Crippen molar-refractivity contribution in [2.24, 2.45) is 5.73 Å². The number of hydrogen-bond acceptors (Lipinski definition) is 5. The second-order valence-electron chi connectivity index (χ2n) is 5.52. The highest BCUT2D eigenvalue weighted by atomic mass is 16.2. The van der Waals surface area contributed by atoms with Gasteiger partial charge in [0.1, 0.15) is 11.6 Å². The Morgan fingerprint density at radius 2 is 1.76 bits per heavy atom. The van der Waals surface area contributed by atoms with Gasteiger partial charge in [0.2, 0.25) is 5.91 Å². The van der Waals surface area contributed by atoms with E-state index in [1.807, 2.05) is 6.07 Å². The number of rotatable bonds is 4. The predicted octanol–water partition coefficient (Wildman–Crippen LogP) is 0.296. The molecule has 1 heterocycles. The molecule has 0 saturated carbocycles. The largest absolute Gasteiger partial charge is 0.366 e. The van der Waals surface area contributed by atoms with Crippen molar-refractivity contribution in [1.82, 2.24) is 9.80 Å². The summed E-state index contributed by atoms with van der Waals surface area (Å²) in [6.07, 6.45) is 1.27. The van der Waals surface area contributed by atoms with Crippen molar-refractivity contribution in [3.63, 3.8) is 0 Å². The van der Waals surface area contributed by atoms with E-state index in [0.717, 1.165) is 0 Å². The molecule has 25 heavy (non-hydrogen) atoms. The fourth-order valence-electron chi connectivity index (χ4n) is 2.51. The number of primary amides is 1. The number of nitrogens with one attached hydrogen (secondary N) is 1. The molecule has 0 spiro atoms. The molecule has 0 bridgehead atoms. The second-order valence-corrected chi connectivity index (χ2v) is 5.52. The number of benzene rings is 1. The molecule has 8 heteroatoms. The molecule has 3 amide bonds. The van der Waals surface area contributed by atoms with Gasteiger partial charge in [-0.25, -0.2) is 0 Å². The second kappa shape index (κ2) is 7.97. The highest BCUT2D eigenvalue weighted by molar-refractivity contribution is 6.00. The lowest BCUT2D eigenvalue weighted by atomic mass is 10.1. The number of para-hydroxylation sites is 1. The fourth-order valence-corrected chi connectivity index (χ4v) is 2.51. The molecule has 8 nitrogen and oxygen atoms in total. The third-order valence-electron chi connectivity index (χ3n) is 3.93. The number of nitriles is 1. The lowest BCUT2D eigenvalue weighted by Crippen LogP contribution is -2.50. The number of anilines is 1. The molecular weight excluding hydrogens is 322 g/mol. The van der Waals surface area contributed by atoms with Gasteiger partial charge in [-0.2, -0.15) is 5.26 Å². The van der Waals surface area contributed by atoms with Crippen LogP contribution in [0.1, 0.15) is 17.3 Å². The normalized spacial score (nSPS) is 14.6. The zero-order chi connectivity index (χ0) is 18.4. The van der Waals surface area contributed by atoms with Crippen LogP contribution in [0.15, 0.2) is 36.0 Å². The summed E-state index contributed by atoms with van der Waals surface area (Å²) in [4.78, 5) is 38.3. The smallest absolute Gasteiger partial charge is 0.266 e. The maximum absolute atomic E-state index is 12.4. The predicted molar refractivity (Wildman–Crippen MR) is 91.1 cm³/mol. The van der Waals surface area contributed by atoms with E-state index in [-0.39, 0.29) is 17.0 Å². The van der Waals surface area contributed by atoms with Crippen LogP contribution < -0.4 is 11.1 Å². The maximum Gasteiger partial charge on any atom is 0.266 e. The van der Waals surface area contributed by atoms with Gasteiger partial charge in [-0.1, -0.05) is 12.1 Å². The van der Waals surface area contributed by atoms with Crippen molar-refractivity contribution in [1.29, 1.82) is 5.26 Å². The molecule has 130 valence electrons. The first kappa shape index (κ1) is 18.0. The summed E-state index contributed by atoms with van der Waals surface area (Å²) in [6, 6.07) is 8.41. The highest BCUT2D eigenvalue weighted by Gasteiger charge is 2.24. The zero-order valence-electron chi connectivity index (χ0n) is 13.9. The van der Waals surface area contributed by atoms with Gasteiger partial charge in [-0.05, 0) is 12.1 Å². The molecule has 0 aliphatic carbocycles. The molecule has 0 unspecified atom stereocenters. The van der Waals surface area contributed by atoms with Crippen LogP contribution in [0.25, 0.3) is 0 Å². The van der Waals surface area contributed by atoms with E-state index in [1.165, 1.54) is 18.0 Å². The van der Waals surface area contributed by atoms with Crippen molar-refractivity contribution in [2.45, 2.75) is 6.92 Å². The van der Waals surface area contributed by atoms with Crippen LogP contribution in [-0.2, 0) is 9.59 Å². The topological polar surface area (TPSA) is 120 Å². The number of carbonyl (C=O) groups excluding carboxylic acids is 3. The Labute approximate surface area is 145 Å². The summed E-state index contributed by atoms with van der Waals surface area (Å²) in [7, 11) is 0. The number of carbonyl (C=O) groups is 3. The monoisotopic (exact) mass is 341 g/mol. The van der Waals surface area contributed by atoms with Gasteiger partial charge in [0.05, 0.1) is 11.3 Å². The molecule has 1 saturated heterocycles. The van der Waals surface area contributed by atoms with Crippen LogP contribution in [0, 0.1) is 11.3 Å². The third kappa shape index (κ3) is 4.35. The maximum atomic E-state index is 12.4. The average molecular weight is 341 g/mol. The van der Waals surface area contributed by atoms with Gasteiger partial charge in [0.15, 0.2) is 0 Å².